The zero-order chi connectivity index (χ0) is 12.7. The lowest BCUT2D eigenvalue weighted by atomic mass is 10.1. The fourth-order valence-corrected chi connectivity index (χ4v) is 5.75. The standard InChI is InChI=1S/C13H13BrClNS2/c1-16-12(11-6-8(14)13(15)18-11)10-5-7-3-2-4-9(7)17-10/h5-6,12,16H,2-4H2,1H3. The van der Waals surface area contributed by atoms with Gasteiger partial charge in [0.25, 0.3) is 0 Å². The zero-order valence-electron chi connectivity index (χ0n) is 9.93. The molecule has 0 fully saturated rings. The number of fused-ring (bicyclic) bond motifs is 1. The summed E-state index contributed by atoms with van der Waals surface area (Å²) < 4.78 is 1.82. The summed E-state index contributed by atoms with van der Waals surface area (Å²) in [7, 11) is 2.01. The van der Waals surface area contributed by atoms with Crippen molar-refractivity contribution in [3.8, 4) is 0 Å². The Morgan fingerprint density at radius 3 is 2.67 bits per heavy atom. The lowest BCUT2D eigenvalue weighted by molar-refractivity contribution is 0.715. The van der Waals surface area contributed by atoms with Crippen molar-refractivity contribution in [3.05, 3.63) is 41.1 Å². The molecule has 1 N–H and O–H groups in total. The van der Waals surface area contributed by atoms with Crippen LogP contribution in [0.15, 0.2) is 16.6 Å². The maximum atomic E-state index is 6.14. The van der Waals surface area contributed by atoms with E-state index in [9.17, 15) is 0 Å². The predicted molar refractivity (Wildman–Crippen MR) is 84.3 cm³/mol. The minimum atomic E-state index is 0.273. The maximum absolute atomic E-state index is 6.14. The Bertz CT molecular complexity index is 535. The first-order valence-corrected chi connectivity index (χ1v) is 8.73. The van der Waals surface area contributed by atoms with Gasteiger partial charge in [0.15, 0.2) is 0 Å². The molecule has 1 unspecified atom stereocenters. The van der Waals surface area contributed by atoms with Crippen LogP contribution in [0.2, 0.25) is 4.34 Å². The first kappa shape index (κ1) is 13.1. The summed E-state index contributed by atoms with van der Waals surface area (Å²) in [5.41, 5.74) is 1.55. The number of hydrogen-bond donors (Lipinski definition) is 1. The van der Waals surface area contributed by atoms with Crippen molar-refractivity contribution in [1.82, 2.24) is 5.32 Å². The Morgan fingerprint density at radius 1 is 1.28 bits per heavy atom. The molecule has 1 atom stereocenters. The molecule has 0 radical (unpaired) electrons. The highest BCUT2D eigenvalue weighted by Gasteiger charge is 2.22. The van der Waals surface area contributed by atoms with E-state index in [1.54, 1.807) is 21.8 Å². The van der Waals surface area contributed by atoms with Gasteiger partial charge in [-0.3, -0.25) is 0 Å². The Kier molecular flexibility index (Phi) is 3.83. The third-order valence-electron chi connectivity index (χ3n) is 3.29. The van der Waals surface area contributed by atoms with E-state index in [1.165, 1.54) is 29.0 Å². The van der Waals surface area contributed by atoms with E-state index < -0.39 is 0 Å². The van der Waals surface area contributed by atoms with Crippen LogP contribution in [0.5, 0.6) is 0 Å². The first-order valence-electron chi connectivity index (χ1n) is 5.92. The van der Waals surface area contributed by atoms with Gasteiger partial charge in [-0.15, -0.1) is 22.7 Å². The highest BCUT2D eigenvalue weighted by atomic mass is 79.9. The number of thiophene rings is 2. The van der Waals surface area contributed by atoms with Crippen LogP contribution in [0.25, 0.3) is 0 Å². The van der Waals surface area contributed by atoms with Crippen LogP contribution in [0.1, 0.15) is 32.7 Å². The van der Waals surface area contributed by atoms with Gasteiger partial charge in [-0.1, -0.05) is 11.6 Å². The molecule has 2 aromatic heterocycles. The normalized spacial score (nSPS) is 15.9. The lowest BCUT2D eigenvalue weighted by Crippen LogP contribution is -2.15. The molecule has 0 spiro atoms. The summed E-state index contributed by atoms with van der Waals surface area (Å²) >= 11 is 13.2. The molecule has 2 aromatic rings. The van der Waals surface area contributed by atoms with E-state index >= 15 is 0 Å². The molecule has 1 aliphatic carbocycles. The molecule has 0 saturated heterocycles. The molecule has 0 saturated carbocycles. The quantitative estimate of drug-likeness (QED) is 0.808. The Balaban J connectivity index is 1.96. The van der Waals surface area contributed by atoms with Gasteiger partial charge in [0, 0.05) is 19.1 Å². The molecule has 5 heteroatoms. The lowest BCUT2D eigenvalue weighted by Gasteiger charge is -2.12. The average Bonchev–Trinajstić information content (AvgIpc) is 2.96. The topological polar surface area (TPSA) is 12.0 Å². The van der Waals surface area contributed by atoms with Gasteiger partial charge in [-0.05, 0) is 59.9 Å². The number of aryl methyl sites for hydroxylation is 2. The molecule has 0 amide bonds. The van der Waals surface area contributed by atoms with Gasteiger partial charge in [0.1, 0.15) is 4.34 Å². The third kappa shape index (κ3) is 2.29. The Hall–Kier alpha value is 0.130. The van der Waals surface area contributed by atoms with Gasteiger partial charge in [-0.2, -0.15) is 0 Å². The van der Waals surface area contributed by atoms with E-state index in [0.29, 0.717) is 0 Å². The van der Waals surface area contributed by atoms with Gasteiger partial charge >= 0.3 is 0 Å². The van der Waals surface area contributed by atoms with Crippen molar-refractivity contribution in [1.29, 1.82) is 0 Å². The molecule has 1 aliphatic rings. The number of rotatable bonds is 3. The van der Waals surface area contributed by atoms with E-state index in [4.69, 9.17) is 11.6 Å². The molecule has 2 heterocycles. The largest absolute Gasteiger partial charge is 0.308 e. The van der Waals surface area contributed by atoms with Crippen molar-refractivity contribution in [2.45, 2.75) is 25.3 Å². The highest BCUT2D eigenvalue weighted by molar-refractivity contribution is 9.10. The summed E-state index contributed by atoms with van der Waals surface area (Å²) in [5.74, 6) is 0. The highest BCUT2D eigenvalue weighted by Crippen LogP contribution is 2.41. The van der Waals surface area contributed by atoms with Crippen LogP contribution in [0, 0.1) is 0 Å². The summed E-state index contributed by atoms with van der Waals surface area (Å²) in [6, 6.07) is 4.77. The van der Waals surface area contributed by atoms with Crippen LogP contribution >= 0.6 is 50.2 Å². The van der Waals surface area contributed by atoms with Crippen LogP contribution < -0.4 is 5.32 Å². The summed E-state index contributed by atoms with van der Waals surface area (Å²) in [4.78, 5) is 4.26. The maximum Gasteiger partial charge on any atom is 0.107 e. The minimum Gasteiger partial charge on any atom is -0.308 e. The zero-order valence-corrected chi connectivity index (χ0v) is 13.9. The SMILES string of the molecule is CNC(c1cc(Br)c(Cl)s1)c1cc2c(s1)CCC2. The average molecular weight is 363 g/mol. The third-order valence-corrected chi connectivity index (χ3v) is 7.13. The fraction of sp³-hybridized carbons (Fsp3) is 0.385. The summed E-state index contributed by atoms with van der Waals surface area (Å²) in [5, 5.41) is 3.41. The first-order chi connectivity index (χ1) is 8.69. The van der Waals surface area contributed by atoms with E-state index in [-0.39, 0.29) is 6.04 Å². The van der Waals surface area contributed by atoms with Crippen molar-refractivity contribution < 1.29 is 0 Å². The van der Waals surface area contributed by atoms with Gasteiger partial charge in [-0.25, -0.2) is 0 Å². The van der Waals surface area contributed by atoms with E-state index in [2.05, 4.69) is 33.4 Å². The molecule has 1 nitrogen and oxygen atoms in total. The van der Waals surface area contributed by atoms with Crippen LogP contribution in [-0.2, 0) is 12.8 Å². The van der Waals surface area contributed by atoms with Gasteiger partial charge in [0.2, 0.25) is 0 Å². The molecule has 0 aromatic carbocycles. The van der Waals surface area contributed by atoms with E-state index in [1.807, 2.05) is 18.4 Å². The summed E-state index contributed by atoms with van der Waals surface area (Å²) in [6.07, 6.45) is 3.82. The molecular weight excluding hydrogens is 350 g/mol. The second-order valence-electron chi connectivity index (χ2n) is 4.44. The molecular formula is C13H13BrClNS2. The molecule has 0 bridgehead atoms. The number of nitrogens with one attached hydrogen (secondary N) is 1. The Morgan fingerprint density at radius 2 is 2.06 bits per heavy atom. The van der Waals surface area contributed by atoms with Crippen LogP contribution in [0.4, 0.5) is 0 Å². The monoisotopic (exact) mass is 361 g/mol. The molecule has 0 aliphatic heterocycles. The smallest absolute Gasteiger partial charge is 0.107 e. The predicted octanol–water partition coefficient (Wildman–Crippen LogP) is 5.02. The van der Waals surface area contributed by atoms with Crippen molar-refractivity contribution in [2.75, 3.05) is 7.05 Å². The van der Waals surface area contributed by atoms with Gasteiger partial charge in [0.05, 0.1) is 6.04 Å². The Labute approximate surface area is 128 Å². The number of halogens is 2. The van der Waals surface area contributed by atoms with Crippen LogP contribution in [0.3, 0.4) is 0 Å². The van der Waals surface area contributed by atoms with Crippen molar-refractivity contribution in [3.63, 3.8) is 0 Å². The second kappa shape index (κ2) is 5.25. The number of hydrogen-bond acceptors (Lipinski definition) is 3. The molecule has 18 heavy (non-hydrogen) atoms. The van der Waals surface area contributed by atoms with Crippen LogP contribution in [-0.4, -0.2) is 7.05 Å². The van der Waals surface area contributed by atoms with Gasteiger partial charge < -0.3 is 5.32 Å². The summed E-state index contributed by atoms with van der Waals surface area (Å²) in [6.45, 7) is 0. The van der Waals surface area contributed by atoms with E-state index in [0.717, 1.165) is 8.81 Å². The molecule has 96 valence electrons. The fourth-order valence-electron chi connectivity index (χ4n) is 2.42. The van der Waals surface area contributed by atoms with Crippen molar-refractivity contribution >= 4 is 50.2 Å². The molecule has 3 rings (SSSR count). The van der Waals surface area contributed by atoms with Crippen molar-refractivity contribution in [2.24, 2.45) is 0 Å². The second-order valence-corrected chi connectivity index (χ2v) is 8.15. The minimum absolute atomic E-state index is 0.273.